The van der Waals surface area contributed by atoms with Crippen molar-refractivity contribution in [1.29, 1.82) is 0 Å². The lowest BCUT2D eigenvalue weighted by Gasteiger charge is -2.26. The predicted octanol–water partition coefficient (Wildman–Crippen LogP) is 3.32. The Kier molecular flexibility index (Phi) is 6.53. The molecule has 10 heteroatoms. The number of methoxy groups -OCH3 is 1. The van der Waals surface area contributed by atoms with Crippen molar-refractivity contribution in [3.05, 3.63) is 63.1 Å². The fourth-order valence-corrected chi connectivity index (χ4v) is 3.21. The minimum atomic E-state index is -0.850. The molecule has 1 saturated heterocycles. The number of urea groups is 1. The van der Waals surface area contributed by atoms with Crippen molar-refractivity contribution >= 4 is 63.1 Å². The molecule has 0 unspecified atom stereocenters. The predicted molar refractivity (Wildman–Crippen MR) is 112 cm³/mol. The molecule has 2 aromatic rings. The van der Waals surface area contributed by atoms with E-state index in [1.54, 1.807) is 18.2 Å². The lowest BCUT2D eigenvalue weighted by Crippen LogP contribution is -2.54. The van der Waals surface area contributed by atoms with E-state index in [1.165, 1.54) is 37.5 Å². The minimum Gasteiger partial charge on any atom is -0.481 e. The first-order valence-electron chi connectivity index (χ1n) is 8.46. The molecule has 154 valence electrons. The van der Waals surface area contributed by atoms with Crippen LogP contribution in [0, 0.1) is 0 Å². The van der Waals surface area contributed by atoms with Gasteiger partial charge in [0, 0.05) is 5.02 Å². The zero-order valence-electron chi connectivity index (χ0n) is 15.5. The lowest BCUT2D eigenvalue weighted by molar-refractivity contribution is -0.143. The topological polar surface area (TPSA) is 102 Å². The van der Waals surface area contributed by atoms with Gasteiger partial charge in [-0.25, -0.2) is 14.5 Å². The highest BCUT2D eigenvalue weighted by atomic mass is 79.9. The molecule has 0 aromatic heterocycles. The molecule has 1 aliphatic rings. The summed E-state index contributed by atoms with van der Waals surface area (Å²) in [5, 5.41) is 2.59. The third-order valence-electron chi connectivity index (χ3n) is 4.03. The van der Waals surface area contributed by atoms with E-state index in [0.29, 0.717) is 20.8 Å². The number of ether oxygens (including phenoxy) is 2. The van der Waals surface area contributed by atoms with Gasteiger partial charge >= 0.3 is 12.0 Å². The molecule has 2 aromatic carbocycles. The molecule has 4 amide bonds. The third kappa shape index (κ3) is 4.69. The Labute approximate surface area is 184 Å². The van der Waals surface area contributed by atoms with Gasteiger partial charge in [-0.15, -0.1) is 0 Å². The van der Waals surface area contributed by atoms with E-state index in [-0.39, 0.29) is 17.9 Å². The van der Waals surface area contributed by atoms with Crippen LogP contribution in [-0.2, 0) is 19.1 Å². The van der Waals surface area contributed by atoms with E-state index in [0.717, 1.165) is 4.90 Å². The summed E-state index contributed by atoms with van der Waals surface area (Å²) >= 11 is 9.16. The van der Waals surface area contributed by atoms with Gasteiger partial charge in [-0.2, -0.15) is 0 Å². The zero-order valence-corrected chi connectivity index (χ0v) is 17.8. The maximum atomic E-state index is 12.9. The molecular weight excluding hydrogens is 480 g/mol. The summed E-state index contributed by atoms with van der Waals surface area (Å²) in [6.07, 6.45) is 1.35. The number of nitrogens with zero attached hydrogens (tertiary/aromatic N) is 1. The van der Waals surface area contributed by atoms with Crippen molar-refractivity contribution in [1.82, 2.24) is 5.32 Å². The van der Waals surface area contributed by atoms with Crippen LogP contribution < -0.4 is 15.0 Å². The number of anilines is 1. The molecule has 3 rings (SSSR count). The van der Waals surface area contributed by atoms with Crippen LogP contribution >= 0.6 is 27.5 Å². The molecule has 1 N–H and O–H groups in total. The third-order valence-corrected chi connectivity index (χ3v) is 4.90. The van der Waals surface area contributed by atoms with E-state index in [2.05, 4.69) is 26.0 Å². The number of halogens is 2. The number of imide groups is 2. The van der Waals surface area contributed by atoms with Crippen LogP contribution in [0.3, 0.4) is 0 Å². The van der Waals surface area contributed by atoms with E-state index < -0.39 is 23.8 Å². The number of rotatable bonds is 5. The van der Waals surface area contributed by atoms with Gasteiger partial charge in [0.2, 0.25) is 0 Å². The van der Waals surface area contributed by atoms with Gasteiger partial charge in [-0.05, 0) is 64.0 Å². The normalized spacial score (nSPS) is 15.2. The van der Waals surface area contributed by atoms with E-state index in [1.807, 2.05) is 0 Å². The van der Waals surface area contributed by atoms with Crippen molar-refractivity contribution in [3.8, 4) is 5.75 Å². The quantitative estimate of drug-likeness (QED) is 0.389. The van der Waals surface area contributed by atoms with Crippen LogP contribution in [0.2, 0.25) is 5.02 Å². The number of esters is 1. The molecule has 1 heterocycles. The number of carbonyl (C=O) groups excluding carboxylic acids is 4. The molecule has 1 fully saturated rings. The van der Waals surface area contributed by atoms with E-state index in [4.69, 9.17) is 16.3 Å². The van der Waals surface area contributed by atoms with Crippen molar-refractivity contribution < 1.29 is 28.7 Å². The second-order valence-corrected chi connectivity index (χ2v) is 7.28. The smallest absolute Gasteiger partial charge is 0.343 e. The first-order chi connectivity index (χ1) is 14.3. The number of hydrogen-bond acceptors (Lipinski definition) is 6. The SMILES string of the molecule is COC(=O)COc1ccc(/C=C2\C(=O)NC(=O)N(c3ccc(Cl)cc3)C2=O)cc1Br. The largest absolute Gasteiger partial charge is 0.481 e. The standard InChI is InChI=1S/C20H14BrClN2O6/c1-29-17(25)10-30-16-7-2-11(9-15(16)21)8-14-18(26)23-20(28)24(19(14)27)13-5-3-12(22)4-6-13/h2-9H,10H2,1H3,(H,23,26,28)/b14-8+. The van der Waals surface area contributed by atoms with Crippen molar-refractivity contribution in [2.45, 2.75) is 0 Å². The number of nitrogens with one attached hydrogen (secondary N) is 1. The molecule has 0 saturated carbocycles. The summed E-state index contributed by atoms with van der Waals surface area (Å²) in [4.78, 5) is 49.4. The Bertz CT molecular complexity index is 1070. The maximum Gasteiger partial charge on any atom is 0.343 e. The number of carbonyl (C=O) groups is 4. The number of amides is 4. The van der Waals surface area contributed by atoms with Gasteiger partial charge in [-0.3, -0.25) is 14.9 Å². The van der Waals surface area contributed by atoms with Crippen LogP contribution in [0.15, 0.2) is 52.5 Å². The van der Waals surface area contributed by atoms with Gasteiger partial charge in [0.05, 0.1) is 17.3 Å². The van der Waals surface area contributed by atoms with Crippen LogP contribution in [-0.4, -0.2) is 37.5 Å². The Morgan fingerprint density at radius 2 is 1.87 bits per heavy atom. The van der Waals surface area contributed by atoms with Crippen LogP contribution in [0.5, 0.6) is 5.75 Å². The van der Waals surface area contributed by atoms with Crippen molar-refractivity contribution in [2.24, 2.45) is 0 Å². The zero-order chi connectivity index (χ0) is 21.8. The Balaban J connectivity index is 1.88. The van der Waals surface area contributed by atoms with Crippen LogP contribution in [0.1, 0.15) is 5.56 Å². The van der Waals surface area contributed by atoms with Gasteiger partial charge in [-0.1, -0.05) is 17.7 Å². The molecule has 8 nitrogen and oxygen atoms in total. The van der Waals surface area contributed by atoms with Gasteiger partial charge in [0.15, 0.2) is 6.61 Å². The summed E-state index contributed by atoms with van der Waals surface area (Å²) < 4.78 is 10.3. The fraction of sp³-hybridized carbons (Fsp3) is 0.100. The van der Waals surface area contributed by atoms with E-state index in [9.17, 15) is 19.2 Å². The Morgan fingerprint density at radius 1 is 1.17 bits per heavy atom. The molecule has 0 radical (unpaired) electrons. The second kappa shape index (κ2) is 9.10. The monoisotopic (exact) mass is 492 g/mol. The molecule has 0 spiro atoms. The Morgan fingerprint density at radius 3 is 2.50 bits per heavy atom. The van der Waals surface area contributed by atoms with Gasteiger partial charge in [0.1, 0.15) is 11.3 Å². The average Bonchev–Trinajstić information content (AvgIpc) is 2.71. The highest BCUT2D eigenvalue weighted by molar-refractivity contribution is 9.10. The minimum absolute atomic E-state index is 0.223. The summed E-state index contributed by atoms with van der Waals surface area (Å²) in [6.45, 7) is -0.269. The summed E-state index contributed by atoms with van der Waals surface area (Å²) in [5.41, 5.74) is 0.545. The number of hydrogen-bond donors (Lipinski definition) is 1. The number of barbiturate groups is 1. The Hall–Kier alpha value is -3.17. The van der Waals surface area contributed by atoms with Crippen molar-refractivity contribution in [3.63, 3.8) is 0 Å². The fourth-order valence-electron chi connectivity index (χ4n) is 2.57. The molecule has 1 aliphatic heterocycles. The summed E-state index contributed by atoms with van der Waals surface area (Å²) in [6, 6.07) is 9.96. The lowest BCUT2D eigenvalue weighted by atomic mass is 10.1. The van der Waals surface area contributed by atoms with Crippen molar-refractivity contribution in [2.75, 3.05) is 18.6 Å². The van der Waals surface area contributed by atoms with Gasteiger partial charge in [0.25, 0.3) is 11.8 Å². The van der Waals surface area contributed by atoms with Crippen LogP contribution in [0.4, 0.5) is 10.5 Å². The molecule has 0 aliphatic carbocycles. The first kappa shape index (κ1) is 21.5. The maximum absolute atomic E-state index is 12.9. The molecule has 0 atom stereocenters. The molecular formula is C20H14BrClN2O6. The second-order valence-electron chi connectivity index (χ2n) is 5.99. The molecule has 30 heavy (non-hydrogen) atoms. The van der Waals surface area contributed by atoms with E-state index >= 15 is 0 Å². The van der Waals surface area contributed by atoms with Crippen LogP contribution in [0.25, 0.3) is 6.08 Å². The summed E-state index contributed by atoms with van der Waals surface area (Å²) in [7, 11) is 1.25. The highest BCUT2D eigenvalue weighted by Crippen LogP contribution is 2.28. The highest BCUT2D eigenvalue weighted by Gasteiger charge is 2.36. The number of benzene rings is 2. The first-order valence-corrected chi connectivity index (χ1v) is 9.63. The molecule has 0 bridgehead atoms. The average molecular weight is 494 g/mol. The summed E-state index contributed by atoms with van der Waals surface area (Å²) in [5.74, 6) is -1.74. The van der Waals surface area contributed by atoms with Gasteiger partial charge < -0.3 is 9.47 Å².